The monoisotopic (exact) mass is 406 g/mol. The lowest BCUT2D eigenvalue weighted by atomic mass is 10.1. The number of aromatic nitrogens is 1. The number of esters is 1. The van der Waals surface area contributed by atoms with E-state index in [2.05, 4.69) is 4.98 Å². The molecule has 0 aliphatic rings. The standard InChI is InChI=1S/C24H26N2O4/c1-24(2,3)30-23(28)18-7-9-19(10-8-18)26(16-17-6-5-13-25-15-17)20-11-12-22(29-4)21(27)14-20/h5-15,27H,16H2,1-4H3. The Hall–Kier alpha value is -3.54. The largest absolute Gasteiger partial charge is 0.504 e. The van der Waals surface area contributed by atoms with Crippen molar-refractivity contribution in [3.63, 3.8) is 0 Å². The third kappa shape index (κ3) is 5.29. The van der Waals surface area contributed by atoms with Crippen LogP contribution in [-0.4, -0.2) is 28.8 Å². The molecule has 1 N–H and O–H groups in total. The zero-order chi connectivity index (χ0) is 21.7. The Labute approximate surface area is 176 Å². The van der Waals surface area contributed by atoms with Gasteiger partial charge in [0.1, 0.15) is 5.60 Å². The number of phenols is 1. The summed E-state index contributed by atoms with van der Waals surface area (Å²) in [6, 6.07) is 16.3. The lowest BCUT2D eigenvalue weighted by molar-refractivity contribution is 0.00695. The van der Waals surface area contributed by atoms with E-state index >= 15 is 0 Å². The van der Waals surface area contributed by atoms with Gasteiger partial charge >= 0.3 is 5.97 Å². The lowest BCUT2D eigenvalue weighted by Gasteiger charge is -2.26. The highest BCUT2D eigenvalue weighted by molar-refractivity contribution is 5.90. The Morgan fingerprint density at radius 1 is 1.07 bits per heavy atom. The average Bonchev–Trinajstić information content (AvgIpc) is 2.71. The van der Waals surface area contributed by atoms with E-state index in [9.17, 15) is 9.90 Å². The summed E-state index contributed by atoms with van der Waals surface area (Å²) in [7, 11) is 1.51. The van der Waals surface area contributed by atoms with Gasteiger partial charge in [0, 0.05) is 36.4 Å². The van der Waals surface area contributed by atoms with Gasteiger partial charge in [-0.25, -0.2) is 4.79 Å². The first kappa shape index (κ1) is 21.2. The van der Waals surface area contributed by atoms with Gasteiger partial charge in [-0.2, -0.15) is 0 Å². The SMILES string of the molecule is COc1ccc(N(Cc2cccnc2)c2ccc(C(=O)OC(C)(C)C)cc2)cc1O. The van der Waals surface area contributed by atoms with Crippen molar-refractivity contribution in [2.45, 2.75) is 32.9 Å². The van der Waals surface area contributed by atoms with Gasteiger partial charge in [0.15, 0.2) is 11.5 Å². The van der Waals surface area contributed by atoms with Gasteiger partial charge in [-0.3, -0.25) is 4.98 Å². The Bertz CT molecular complexity index is 996. The van der Waals surface area contributed by atoms with Crippen molar-refractivity contribution in [2.75, 3.05) is 12.0 Å². The predicted octanol–water partition coefficient (Wildman–Crippen LogP) is 5.09. The van der Waals surface area contributed by atoms with Gasteiger partial charge in [-0.1, -0.05) is 6.07 Å². The first-order valence-corrected chi connectivity index (χ1v) is 9.64. The molecule has 6 heteroatoms. The van der Waals surface area contributed by atoms with Crippen LogP contribution in [0.4, 0.5) is 11.4 Å². The Kier molecular flexibility index (Phi) is 6.26. The maximum atomic E-state index is 12.3. The summed E-state index contributed by atoms with van der Waals surface area (Å²) in [5, 5.41) is 10.3. The van der Waals surface area contributed by atoms with E-state index in [1.54, 1.807) is 36.7 Å². The molecule has 0 amide bonds. The van der Waals surface area contributed by atoms with Crippen LogP contribution in [0.2, 0.25) is 0 Å². The van der Waals surface area contributed by atoms with Gasteiger partial charge in [0.25, 0.3) is 0 Å². The van der Waals surface area contributed by atoms with Crippen LogP contribution < -0.4 is 9.64 Å². The molecule has 0 saturated heterocycles. The van der Waals surface area contributed by atoms with E-state index in [4.69, 9.17) is 9.47 Å². The molecule has 156 valence electrons. The smallest absolute Gasteiger partial charge is 0.338 e. The number of rotatable bonds is 6. The Morgan fingerprint density at radius 2 is 1.77 bits per heavy atom. The fourth-order valence-corrected chi connectivity index (χ4v) is 2.97. The predicted molar refractivity (Wildman–Crippen MR) is 116 cm³/mol. The van der Waals surface area contributed by atoms with E-state index in [1.165, 1.54) is 7.11 Å². The quantitative estimate of drug-likeness (QED) is 0.575. The highest BCUT2D eigenvalue weighted by Gasteiger charge is 2.19. The van der Waals surface area contributed by atoms with Crippen LogP contribution in [0.25, 0.3) is 0 Å². The Morgan fingerprint density at radius 3 is 2.33 bits per heavy atom. The summed E-state index contributed by atoms with van der Waals surface area (Å²) in [6.45, 7) is 6.05. The van der Waals surface area contributed by atoms with Crippen molar-refractivity contribution in [1.82, 2.24) is 4.98 Å². The molecule has 3 rings (SSSR count). The van der Waals surface area contributed by atoms with E-state index < -0.39 is 5.60 Å². The summed E-state index contributed by atoms with van der Waals surface area (Å²) in [5.41, 5.74) is 2.57. The minimum absolute atomic E-state index is 0.0524. The number of methoxy groups -OCH3 is 1. The summed E-state index contributed by atoms with van der Waals surface area (Å²) in [6.07, 6.45) is 3.52. The molecule has 0 spiro atoms. The van der Waals surface area contributed by atoms with Gasteiger partial charge < -0.3 is 19.5 Å². The van der Waals surface area contributed by atoms with Crippen molar-refractivity contribution in [3.8, 4) is 11.5 Å². The fourth-order valence-electron chi connectivity index (χ4n) is 2.97. The van der Waals surface area contributed by atoms with Crippen molar-refractivity contribution in [3.05, 3.63) is 78.1 Å². The second-order valence-corrected chi connectivity index (χ2v) is 7.85. The molecule has 0 radical (unpaired) electrons. The van der Waals surface area contributed by atoms with Crippen LogP contribution in [-0.2, 0) is 11.3 Å². The number of hydrogen-bond acceptors (Lipinski definition) is 6. The second-order valence-electron chi connectivity index (χ2n) is 7.85. The molecule has 0 saturated carbocycles. The topological polar surface area (TPSA) is 71.9 Å². The van der Waals surface area contributed by atoms with Crippen molar-refractivity contribution < 1.29 is 19.4 Å². The second kappa shape index (κ2) is 8.86. The molecule has 0 bridgehead atoms. The number of phenolic OH excluding ortho intramolecular Hbond substituents is 1. The molecule has 0 unspecified atom stereocenters. The van der Waals surface area contributed by atoms with E-state index in [0.717, 1.165) is 16.9 Å². The first-order chi connectivity index (χ1) is 14.3. The fraction of sp³-hybridized carbons (Fsp3) is 0.250. The molecule has 0 fully saturated rings. The summed E-state index contributed by atoms with van der Waals surface area (Å²) < 4.78 is 10.6. The molecule has 1 aromatic heterocycles. The van der Waals surface area contributed by atoms with Crippen molar-refractivity contribution >= 4 is 17.3 Å². The number of aromatic hydroxyl groups is 1. The van der Waals surface area contributed by atoms with Gasteiger partial charge in [-0.05, 0) is 68.8 Å². The van der Waals surface area contributed by atoms with Crippen LogP contribution in [0.15, 0.2) is 67.0 Å². The summed E-state index contributed by atoms with van der Waals surface area (Å²) >= 11 is 0. The molecular weight excluding hydrogens is 380 g/mol. The number of carbonyl (C=O) groups excluding carboxylic acids is 1. The molecule has 2 aromatic carbocycles. The molecular formula is C24H26N2O4. The van der Waals surface area contributed by atoms with Crippen molar-refractivity contribution in [1.29, 1.82) is 0 Å². The molecule has 6 nitrogen and oxygen atoms in total. The number of anilines is 2. The van der Waals surface area contributed by atoms with Crippen molar-refractivity contribution in [2.24, 2.45) is 0 Å². The number of nitrogens with zero attached hydrogens (tertiary/aromatic N) is 2. The van der Waals surface area contributed by atoms with Crippen LogP contribution in [0.5, 0.6) is 11.5 Å². The minimum Gasteiger partial charge on any atom is -0.504 e. The number of pyridine rings is 1. The van der Waals surface area contributed by atoms with E-state index in [0.29, 0.717) is 17.9 Å². The normalized spacial score (nSPS) is 11.1. The van der Waals surface area contributed by atoms with Crippen LogP contribution >= 0.6 is 0 Å². The number of carbonyl (C=O) groups is 1. The number of benzene rings is 2. The van der Waals surface area contributed by atoms with Gasteiger partial charge in [0.05, 0.1) is 12.7 Å². The third-order valence-corrected chi connectivity index (χ3v) is 4.35. The van der Waals surface area contributed by atoms with E-state index in [-0.39, 0.29) is 11.7 Å². The van der Waals surface area contributed by atoms with Gasteiger partial charge in [-0.15, -0.1) is 0 Å². The van der Waals surface area contributed by atoms with Crippen LogP contribution in [0.3, 0.4) is 0 Å². The molecule has 1 heterocycles. The lowest BCUT2D eigenvalue weighted by Crippen LogP contribution is -2.24. The maximum Gasteiger partial charge on any atom is 0.338 e. The molecule has 0 aliphatic heterocycles. The molecule has 0 aliphatic carbocycles. The number of hydrogen-bond donors (Lipinski definition) is 1. The minimum atomic E-state index is -0.553. The van der Waals surface area contributed by atoms with E-state index in [1.807, 2.05) is 56.0 Å². The molecule has 0 atom stereocenters. The summed E-state index contributed by atoms with van der Waals surface area (Å²) in [5.74, 6) is 0.0897. The van der Waals surface area contributed by atoms with Gasteiger partial charge in [0.2, 0.25) is 0 Å². The average molecular weight is 406 g/mol. The Balaban J connectivity index is 1.94. The molecule has 3 aromatic rings. The maximum absolute atomic E-state index is 12.3. The first-order valence-electron chi connectivity index (χ1n) is 9.64. The highest BCUT2D eigenvalue weighted by atomic mass is 16.6. The van der Waals surface area contributed by atoms with Crippen LogP contribution in [0, 0.1) is 0 Å². The molecule has 30 heavy (non-hydrogen) atoms. The third-order valence-electron chi connectivity index (χ3n) is 4.35. The zero-order valence-corrected chi connectivity index (χ0v) is 17.6. The zero-order valence-electron chi connectivity index (χ0n) is 17.6. The number of ether oxygens (including phenoxy) is 2. The summed E-state index contributed by atoms with van der Waals surface area (Å²) in [4.78, 5) is 18.5. The van der Waals surface area contributed by atoms with Crippen LogP contribution in [0.1, 0.15) is 36.7 Å². The highest BCUT2D eigenvalue weighted by Crippen LogP contribution is 2.35.